The summed E-state index contributed by atoms with van der Waals surface area (Å²) >= 11 is 0. The van der Waals surface area contributed by atoms with Gasteiger partial charge in [0.1, 0.15) is 17.4 Å². The molecular formula is C19H14O4. The predicted molar refractivity (Wildman–Crippen MR) is 84.7 cm³/mol. The van der Waals surface area contributed by atoms with Gasteiger partial charge >= 0.3 is 5.63 Å². The van der Waals surface area contributed by atoms with Crippen LogP contribution in [-0.4, -0.2) is 11.9 Å². The van der Waals surface area contributed by atoms with E-state index in [1.54, 1.807) is 6.07 Å². The van der Waals surface area contributed by atoms with Gasteiger partial charge in [-0.2, -0.15) is 0 Å². The van der Waals surface area contributed by atoms with E-state index in [1.807, 2.05) is 55.5 Å². The van der Waals surface area contributed by atoms with Gasteiger partial charge in [0.05, 0.1) is 16.9 Å². The van der Waals surface area contributed by atoms with Crippen LogP contribution in [0.3, 0.4) is 0 Å². The Hall–Kier alpha value is -2.59. The Balaban J connectivity index is 1.84. The average Bonchev–Trinajstić information content (AvgIpc) is 3.25. The summed E-state index contributed by atoms with van der Waals surface area (Å²) in [5, 5.41) is 0.804. The van der Waals surface area contributed by atoms with Gasteiger partial charge in [0.2, 0.25) is 5.79 Å². The smallest absolute Gasteiger partial charge is 0.343 e. The average molecular weight is 306 g/mol. The number of fused-ring (bicyclic) bond motifs is 4. The van der Waals surface area contributed by atoms with E-state index in [-0.39, 0.29) is 17.6 Å². The minimum atomic E-state index is -0.677. The summed E-state index contributed by atoms with van der Waals surface area (Å²) in [6.07, 6.45) is -0.165. The van der Waals surface area contributed by atoms with Crippen LogP contribution in [0.5, 0.6) is 5.75 Å². The van der Waals surface area contributed by atoms with E-state index in [0.29, 0.717) is 16.9 Å². The monoisotopic (exact) mass is 306 g/mol. The van der Waals surface area contributed by atoms with Gasteiger partial charge in [-0.1, -0.05) is 42.5 Å². The highest BCUT2D eigenvalue weighted by molar-refractivity contribution is 5.85. The van der Waals surface area contributed by atoms with Crippen LogP contribution < -0.4 is 10.4 Å². The molecule has 0 spiro atoms. The topological polar surface area (TPSA) is 52.0 Å². The molecule has 0 saturated carbocycles. The highest BCUT2D eigenvalue weighted by Gasteiger charge is 2.64. The van der Waals surface area contributed by atoms with Gasteiger partial charge in [-0.3, -0.25) is 0 Å². The van der Waals surface area contributed by atoms with Crippen molar-refractivity contribution in [3.63, 3.8) is 0 Å². The van der Waals surface area contributed by atoms with Gasteiger partial charge in [0.15, 0.2) is 0 Å². The first-order chi connectivity index (χ1) is 11.2. The van der Waals surface area contributed by atoms with Crippen molar-refractivity contribution in [1.29, 1.82) is 0 Å². The predicted octanol–water partition coefficient (Wildman–Crippen LogP) is 3.43. The number of para-hydroxylation sites is 1. The fourth-order valence-electron chi connectivity index (χ4n) is 3.54. The van der Waals surface area contributed by atoms with Crippen molar-refractivity contribution in [1.82, 2.24) is 0 Å². The molecule has 3 aromatic rings. The molecule has 1 aromatic heterocycles. The molecule has 0 bridgehead atoms. The lowest BCUT2D eigenvalue weighted by molar-refractivity contribution is 0.0796. The maximum atomic E-state index is 12.6. The molecular weight excluding hydrogens is 292 g/mol. The number of ether oxygens (including phenoxy) is 2. The number of hydrogen-bond acceptors (Lipinski definition) is 4. The minimum absolute atomic E-state index is 0.165. The van der Waals surface area contributed by atoms with Crippen LogP contribution in [0.25, 0.3) is 11.0 Å². The van der Waals surface area contributed by atoms with Crippen molar-refractivity contribution in [2.45, 2.75) is 24.7 Å². The zero-order valence-electron chi connectivity index (χ0n) is 12.5. The molecule has 0 unspecified atom stereocenters. The van der Waals surface area contributed by atoms with Crippen molar-refractivity contribution in [3.8, 4) is 5.75 Å². The zero-order valence-corrected chi connectivity index (χ0v) is 12.5. The lowest BCUT2D eigenvalue weighted by Crippen LogP contribution is -2.32. The Kier molecular flexibility index (Phi) is 2.38. The summed E-state index contributed by atoms with van der Waals surface area (Å²) < 4.78 is 17.4. The Morgan fingerprint density at radius 2 is 1.74 bits per heavy atom. The van der Waals surface area contributed by atoms with Gasteiger partial charge in [-0.25, -0.2) is 4.79 Å². The molecule has 3 heterocycles. The molecule has 2 aliphatic rings. The first kappa shape index (κ1) is 12.9. The number of hydrogen-bond donors (Lipinski definition) is 0. The molecule has 0 radical (unpaired) electrons. The van der Waals surface area contributed by atoms with Gasteiger partial charge < -0.3 is 13.9 Å². The molecule has 0 N–H and O–H groups in total. The Labute approximate surface area is 132 Å². The van der Waals surface area contributed by atoms with Crippen molar-refractivity contribution in [3.05, 3.63) is 76.1 Å². The van der Waals surface area contributed by atoms with Gasteiger partial charge in [0, 0.05) is 6.92 Å². The largest absolute Gasteiger partial charge is 0.458 e. The summed E-state index contributed by atoms with van der Waals surface area (Å²) in [7, 11) is 0. The normalized spacial score (nSPS) is 27.9. The first-order valence-electron chi connectivity index (χ1n) is 7.65. The number of epoxide rings is 1. The van der Waals surface area contributed by atoms with E-state index in [0.717, 1.165) is 10.9 Å². The van der Waals surface area contributed by atoms with Crippen LogP contribution >= 0.6 is 0 Å². The van der Waals surface area contributed by atoms with Crippen LogP contribution in [0.2, 0.25) is 0 Å². The molecule has 5 rings (SSSR count). The molecule has 0 aliphatic carbocycles. The first-order valence-corrected chi connectivity index (χ1v) is 7.65. The summed E-state index contributed by atoms with van der Waals surface area (Å²) in [4.78, 5) is 12.6. The van der Waals surface area contributed by atoms with E-state index in [4.69, 9.17) is 13.9 Å². The fourth-order valence-corrected chi connectivity index (χ4v) is 3.54. The van der Waals surface area contributed by atoms with Crippen LogP contribution in [0.4, 0.5) is 0 Å². The SMILES string of the molecule is C[C@]12Oc3c(c(=O)oc4ccccc34)[C@@H](c3ccccc3)[C@@H]1O2. The van der Waals surface area contributed by atoms with Crippen LogP contribution in [-0.2, 0) is 4.74 Å². The molecule has 114 valence electrons. The third-order valence-electron chi connectivity index (χ3n) is 4.70. The molecule has 2 aromatic carbocycles. The van der Waals surface area contributed by atoms with E-state index >= 15 is 0 Å². The van der Waals surface area contributed by atoms with E-state index in [2.05, 4.69) is 0 Å². The molecule has 0 amide bonds. The molecule has 4 heteroatoms. The summed E-state index contributed by atoms with van der Waals surface area (Å²) in [6, 6.07) is 17.3. The van der Waals surface area contributed by atoms with Gasteiger partial charge in [0.25, 0.3) is 0 Å². The standard InChI is InChI=1S/C19H14O4/c1-19-17(23-19)14(11-7-3-2-4-8-11)15-16(22-19)12-9-5-6-10-13(12)21-18(15)20/h2-10,14,17H,1H3/t14-,17+,19-/m1/s1. The Bertz CT molecular complexity index is 976. The Morgan fingerprint density at radius 3 is 2.57 bits per heavy atom. The van der Waals surface area contributed by atoms with Gasteiger partial charge in [-0.15, -0.1) is 0 Å². The van der Waals surface area contributed by atoms with Gasteiger partial charge in [-0.05, 0) is 17.7 Å². The van der Waals surface area contributed by atoms with Crippen molar-refractivity contribution in [2.75, 3.05) is 0 Å². The second-order valence-electron chi connectivity index (χ2n) is 6.17. The minimum Gasteiger partial charge on any atom is -0.458 e. The molecule has 1 fully saturated rings. The maximum Gasteiger partial charge on any atom is 0.343 e. The summed E-state index contributed by atoms with van der Waals surface area (Å²) in [5.74, 6) is -0.267. The number of benzene rings is 2. The second-order valence-corrected chi connectivity index (χ2v) is 6.17. The quantitative estimate of drug-likeness (QED) is 0.510. The third kappa shape index (κ3) is 1.72. The molecule has 1 saturated heterocycles. The van der Waals surface area contributed by atoms with Crippen molar-refractivity contribution >= 4 is 11.0 Å². The molecule has 4 nitrogen and oxygen atoms in total. The highest BCUT2D eigenvalue weighted by Crippen LogP contribution is 2.55. The zero-order chi connectivity index (χ0) is 15.6. The van der Waals surface area contributed by atoms with E-state index in [9.17, 15) is 4.79 Å². The van der Waals surface area contributed by atoms with Crippen LogP contribution in [0, 0.1) is 0 Å². The van der Waals surface area contributed by atoms with Crippen molar-refractivity contribution < 1.29 is 13.9 Å². The molecule has 3 atom stereocenters. The third-order valence-corrected chi connectivity index (χ3v) is 4.70. The summed E-state index contributed by atoms with van der Waals surface area (Å²) in [6.45, 7) is 1.92. The number of rotatable bonds is 1. The van der Waals surface area contributed by atoms with Crippen LogP contribution in [0.1, 0.15) is 24.0 Å². The Morgan fingerprint density at radius 1 is 1.00 bits per heavy atom. The highest BCUT2D eigenvalue weighted by atomic mass is 16.8. The lowest BCUT2D eigenvalue weighted by atomic mass is 9.84. The molecule has 23 heavy (non-hydrogen) atoms. The second kappa shape index (κ2) is 4.24. The van der Waals surface area contributed by atoms with E-state index < -0.39 is 5.79 Å². The van der Waals surface area contributed by atoms with Crippen LogP contribution in [0.15, 0.2) is 63.8 Å². The lowest BCUT2D eigenvalue weighted by Gasteiger charge is -2.26. The van der Waals surface area contributed by atoms with Crippen molar-refractivity contribution in [2.24, 2.45) is 0 Å². The fraction of sp³-hybridized carbons (Fsp3) is 0.211. The molecule has 2 aliphatic heterocycles. The maximum absolute atomic E-state index is 12.6. The summed E-state index contributed by atoms with van der Waals surface area (Å²) in [5.41, 5.74) is 1.76. The van der Waals surface area contributed by atoms with E-state index in [1.165, 1.54) is 0 Å².